The molecule has 1 aliphatic carbocycles. The molecule has 1 aromatic carbocycles. The number of hydrogen-bond acceptors (Lipinski definition) is 4. The number of rotatable bonds is 3. The summed E-state index contributed by atoms with van der Waals surface area (Å²) >= 11 is 0. The van der Waals surface area contributed by atoms with Gasteiger partial charge in [0.15, 0.2) is 5.92 Å². The molecule has 1 aliphatic heterocycles. The van der Waals surface area contributed by atoms with Gasteiger partial charge in [-0.3, -0.25) is 4.79 Å². The third kappa shape index (κ3) is 2.80. The summed E-state index contributed by atoms with van der Waals surface area (Å²) < 4.78 is 24.4. The van der Waals surface area contributed by atoms with Crippen LogP contribution in [0.15, 0.2) is 24.3 Å². The molecule has 2 atom stereocenters. The number of esters is 1. The Morgan fingerprint density at radius 1 is 1.29 bits per heavy atom. The molecule has 0 bridgehead atoms. The first-order valence-electron chi connectivity index (χ1n) is 8.43. The van der Waals surface area contributed by atoms with Gasteiger partial charge in [0.05, 0.1) is 18.8 Å². The predicted molar refractivity (Wildman–Crippen MR) is 85.6 cm³/mol. The van der Waals surface area contributed by atoms with Crippen LogP contribution < -0.4 is 0 Å². The molecule has 0 radical (unpaired) electrons. The summed E-state index contributed by atoms with van der Waals surface area (Å²) in [6, 6.07) is 8.32. The number of nitrogens with zero attached hydrogens (tertiary/aromatic N) is 1. The van der Waals surface area contributed by atoms with Crippen LogP contribution in [0.1, 0.15) is 44.1 Å². The average Bonchev–Trinajstić information content (AvgIpc) is 3.03. The second kappa shape index (κ2) is 6.52. The van der Waals surface area contributed by atoms with Crippen LogP contribution in [-0.2, 0) is 19.7 Å². The highest BCUT2D eigenvalue weighted by atomic mass is 19.1. The highest BCUT2D eigenvalue weighted by Gasteiger charge is 2.54. The number of hydrogen-bond donors (Lipinski definition) is 0. The molecule has 128 valence electrons. The van der Waals surface area contributed by atoms with E-state index in [0.717, 1.165) is 31.2 Å². The van der Waals surface area contributed by atoms with Gasteiger partial charge in [-0.1, -0.05) is 25.0 Å². The molecule has 3 rings (SSSR count). The average molecular weight is 331 g/mol. The van der Waals surface area contributed by atoms with Gasteiger partial charge < -0.3 is 9.47 Å². The van der Waals surface area contributed by atoms with E-state index in [2.05, 4.69) is 6.07 Å². The van der Waals surface area contributed by atoms with Crippen molar-refractivity contribution in [2.45, 2.75) is 49.5 Å². The van der Waals surface area contributed by atoms with Crippen LogP contribution in [-0.4, -0.2) is 25.3 Å². The first-order valence-corrected chi connectivity index (χ1v) is 8.43. The molecule has 2 fully saturated rings. The van der Waals surface area contributed by atoms with Gasteiger partial charge in [-0.05, 0) is 43.4 Å². The third-order valence-corrected chi connectivity index (χ3v) is 5.65. The summed E-state index contributed by atoms with van der Waals surface area (Å²) in [6.45, 7) is 0.493. The van der Waals surface area contributed by atoms with E-state index < -0.39 is 17.3 Å². The lowest BCUT2D eigenvalue weighted by molar-refractivity contribution is -0.152. The van der Waals surface area contributed by atoms with Crippen LogP contribution in [0, 0.1) is 23.1 Å². The van der Waals surface area contributed by atoms with E-state index >= 15 is 0 Å². The Labute approximate surface area is 141 Å². The maximum Gasteiger partial charge on any atom is 0.323 e. The summed E-state index contributed by atoms with van der Waals surface area (Å²) in [6.07, 6.45) is 5.21. The molecule has 0 N–H and O–H groups in total. The molecule has 4 nitrogen and oxygen atoms in total. The molecular weight excluding hydrogens is 309 g/mol. The Balaban J connectivity index is 2.08. The second-order valence-electron chi connectivity index (χ2n) is 6.91. The maximum absolute atomic E-state index is 13.4. The van der Waals surface area contributed by atoms with Crippen LogP contribution in [0.25, 0.3) is 0 Å². The minimum atomic E-state index is -0.922. The molecule has 1 saturated heterocycles. The zero-order valence-corrected chi connectivity index (χ0v) is 13.9. The van der Waals surface area contributed by atoms with E-state index in [1.54, 1.807) is 12.1 Å². The van der Waals surface area contributed by atoms with Crippen molar-refractivity contribution in [3.05, 3.63) is 35.6 Å². The molecule has 1 spiro atoms. The maximum atomic E-state index is 13.4. The number of halogens is 1. The Hall–Kier alpha value is -1.93. The van der Waals surface area contributed by atoms with Crippen LogP contribution in [0.2, 0.25) is 0 Å². The van der Waals surface area contributed by atoms with Crippen molar-refractivity contribution in [2.24, 2.45) is 5.92 Å². The summed E-state index contributed by atoms with van der Waals surface area (Å²) in [5, 5.41) is 9.73. The van der Waals surface area contributed by atoms with Crippen molar-refractivity contribution in [1.29, 1.82) is 5.26 Å². The van der Waals surface area contributed by atoms with E-state index in [-0.39, 0.29) is 11.4 Å². The fraction of sp³-hybridized carbons (Fsp3) is 0.579. The number of carbonyl (C=O) groups excluding carboxylic acids is 1. The molecule has 1 heterocycles. The summed E-state index contributed by atoms with van der Waals surface area (Å²) in [7, 11) is 1.30. The third-order valence-electron chi connectivity index (χ3n) is 5.65. The van der Waals surface area contributed by atoms with E-state index in [0.29, 0.717) is 19.4 Å². The fourth-order valence-electron chi connectivity index (χ4n) is 4.47. The first kappa shape index (κ1) is 16.9. The Kier molecular flexibility index (Phi) is 4.60. The predicted octanol–water partition coefficient (Wildman–Crippen LogP) is 3.50. The fourth-order valence-corrected chi connectivity index (χ4v) is 4.47. The lowest BCUT2D eigenvalue weighted by Crippen LogP contribution is -2.51. The number of nitriles is 1. The largest absolute Gasteiger partial charge is 0.468 e. The van der Waals surface area contributed by atoms with Gasteiger partial charge in [0.25, 0.3) is 0 Å². The smallest absolute Gasteiger partial charge is 0.323 e. The van der Waals surface area contributed by atoms with Crippen LogP contribution >= 0.6 is 0 Å². The zero-order valence-electron chi connectivity index (χ0n) is 13.9. The quantitative estimate of drug-likeness (QED) is 0.796. The lowest BCUT2D eigenvalue weighted by atomic mass is 9.61. The minimum absolute atomic E-state index is 0.282. The van der Waals surface area contributed by atoms with E-state index in [1.807, 2.05) is 0 Å². The van der Waals surface area contributed by atoms with Crippen LogP contribution in [0.5, 0.6) is 0 Å². The number of methoxy groups -OCH3 is 1. The topological polar surface area (TPSA) is 59.3 Å². The van der Waals surface area contributed by atoms with Crippen molar-refractivity contribution in [3.8, 4) is 6.07 Å². The highest BCUT2D eigenvalue weighted by Crippen LogP contribution is 2.52. The molecule has 1 saturated carbocycles. The standard InChI is InChI=1S/C19H22FNO3/c1-23-17(22)16(12-21)19(14-4-6-15(20)7-5-14)10-11-24-18(13-19)8-2-3-9-18/h4-7,16H,2-3,8-11,13H2,1H3. The van der Waals surface area contributed by atoms with Gasteiger partial charge in [0.2, 0.25) is 0 Å². The summed E-state index contributed by atoms with van der Waals surface area (Å²) in [5.74, 6) is -1.78. The Bertz CT molecular complexity index is 646. The van der Waals surface area contributed by atoms with Gasteiger partial charge in [-0.2, -0.15) is 5.26 Å². The molecule has 2 aliphatic rings. The zero-order chi connectivity index (χ0) is 17.2. The van der Waals surface area contributed by atoms with Crippen molar-refractivity contribution in [3.63, 3.8) is 0 Å². The Morgan fingerprint density at radius 2 is 1.96 bits per heavy atom. The van der Waals surface area contributed by atoms with Crippen molar-refractivity contribution in [1.82, 2.24) is 0 Å². The van der Waals surface area contributed by atoms with Crippen LogP contribution in [0.4, 0.5) is 4.39 Å². The van der Waals surface area contributed by atoms with Crippen molar-refractivity contribution in [2.75, 3.05) is 13.7 Å². The van der Waals surface area contributed by atoms with Crippen molar-refractivity contribution >= 4 is 5.97 Å². The van der Waals surface area contributed by atoms with Gasteiger partial charge in [-0.25, -0.2) is 4.39 Å². The lowest BCUT2D eigenvalue weighted by Gasteiger charge is -2.48. The van der Waals surface area contributed by atoms with Gasteiger partial charge in [-0.15, -0.1) is 0 Å². The van der Waals surface area contributed by atoms with E-state index in [9.17, 15) is 14.4 Å². The molecule has 2 unspecified atom stereocenters. The van der Waals surface area contributed by atoms with E-state index in [1.165, 1.54) is 19.2 Å². The minimum Gasteiger partial charge on any atom is -0.468 e. The van der Waals surface area contributed by atoms with Crippen molar-refractivity contribution < 1.29 is 18.7 Å². The summed E-state index contributed by atoms with van der Waals surface area (Å²) in [5.41, 5.74) is -0.163. The number of carbonyl (C=O) groups is 1. The van der Waals surface area contributed by atoms with Gasteiger partial charge in [0, 0.05) is 12.0 Å². The summed E-state index contributed by atoms with van der Waals surface area (Å²) in [4.78, 5) is 12.3. The highest BCUT2D eigenvalue weighted by molar-refractivity contribution is 5.77. The molecular formula is C19H22FNO3. The normalized spacial score (nSPS) is 26.7. The molecule has 5 heteroatoms. The SMILES string of the molecule is COC(=O)C(C#N)C1(c2ccc(F)cc2)CCOC2(CCCC2)C1. The molecule has 0 aromatic heterocycles. The second-order valence-corrected chi connectivity index (χ2v) is 6.91. The number of benzene rings is 1. The molecule has 24 heavy (non-hydrogen) atoms. The van der Waals surface area contributed by atoms with E-state index in [4.69, 9.17) is 9.47 Å². The molecule has 0 amide bonds. The number of ether oxygens (including phenoxy) is 2. The monoisotopic (exact) mass is 331 g/mol. The Morgan fingerprint density at radius 3 is 2.54 bits per heavy atom. The van der Waals surface area contributed by atoms with Gasteiger partial charge in [0.1, 0.15) is 5.82 Å². The van der Waals surface area contributed by atoms with Crippen LogP contribution in [0.3, 0.4) is 0 Å². The molecule has 1 aromatic rings. The van der Waals surface area contributed by atoms with Gasteiger partial charge >= 0.3 is 5.97 Å². The first-order chi connectivity index (χ1) is 11.6.